The maximum Gasteiger partial charge on any atom is 0.0593 e. The number of fused-ring (bicyclic) bond motifs is 6. The van der Waals surface area contributed by atoms with E-state index in [0.717, 1.165) is 61.5 Å². The minimum Gasteiger partial charge on any atom is -0.340 e. The number of aryl methyl sites for hydroxylation is 2. The molecule has 0 bridgehead atoms. The maximum atomic E-state index is 5.10. The summed E-state index contributed by atoms with van der Waals surface area (Å²) in [5.41, 5.74) is 9.89. The molecule has 0 fully saturated rings. The first-order valence-corrected chi connectivity index (χ1v) is 26.5. The molecule has 6 nitrogen and oxygen atoms in total. The predicted octanol–water partition coefficient (Wildman–Crippen LogP) is 17.3. The number of rotatable bonds is 29. The fourth-order valence-electron chi connectivity index (χ4n) is 10.1. The number of hydrogen-bond acceptors (Lipinski definition) is 4. The Hall–Kier alpha value is -6.14. The van der Waals surface area contributed by atoms with Crippen LogP contribution in [-0.2, 0) is 13.1 Å². The van der Waals surface area contributed by atoms with Crippen molar-refractivity contribution in [1.82, 2.24) is 9.13 Å². The van der Waals surface area contributed by atoms with Crippen molar-refractivity contribution < 1.29 is 0 Å². The Morgan fingerprint density at radius 2 is 0.706 bits per heavy atom. The van der Waals surface area contributed by atoms with Gasteiger partial charge in [-0.3, -0.25) is 10.0 Å². The van der Waals surface area contributed by atoms with Crippen LogP contribution in [0.4, 0.5) is 11.4 Å². The Kier molecular flexibility index (Phi) is 18.4. The first-order valence-electron chi connectivity index (χ1n) is 26.5. The molecule has 0 atom stereocenters. The third-order valence-corrected chi connectivity index (χ3v) is 13.9. The lowest BCUT2D eigenvalue weighted by Crippen LogP contribution is -2.18. The third-order valence-electron chi connectivity index (χ3n) is 13.9. The normalized spacial score (nSPS) is 12.0. The molecule has 0 saturated heterocycles. The number of para-hydroxylation sites is 4. The summed E-state index contributed by atoms with van der Waals surface area (Å²) < 4.78 is 5.06. The summed E-state index contributed by atoms with van der Waals surface area (Å²) in [4.78, 5) is 0. The van der Waals surface area contributed by atoms with Gasteiger partial charge < -0.3 is 9.13 Å². The third kappa shape index (κ3) is 12.9. The maximum absolute atomic E-state index is 5.10. The van der Waals surface area contributed by atoms with Gasteiger partial charge in [-0.25, -0.2) is 0 Å². The van der Waals surface area contributed by atoms with Crippen LogP contribution in [0.2, 0.25) is 0 Å². The monoisotopic (exact) mass is 905 g/mol. The highest BCUT2D eigenvalue weighted by Crippen LogP contribution is 2.32. The first kappa shape index (κ1) is 48.3. The standard InChI is InChI=1S/C62H76N6/c1-3-5-7-13-27-43-65-59-37-25-23-35-55(59)57-47-51(39-41-61(57)65)49-63-67(53-31-19-17-20-32-53)45-29-15-11-9-10-12-16-30-46-68(54-33-21-18-22-34-54)64-50-52-40-42-62-58(48-52)56-36-24-26-38-60(56)66(62)44-28-14-8-6-4-2/h17-26,31-42,47-50H,3-16,27-30,43-46H2,1-2H3/b63-49+,64-50+. The second kappa shape index (κ2) is 25.8. The number of unbranched alkanes of at least 4 members (excludes halogenated alkanes) is 15. The summed E-state index contributed by atoms with van der Waals surface area (Å²) in [5.74, 6) is 0. The van der Waals surface area contributed by atoms with Crippen molar-refractivity contribution in [1.29, 1.82) is 0 Å². The van der Waals surface area contributed by atoms with Gasteiger partial charge in [-0.05, 0) is 97.5 Å². The molecular weight excluding hydrogens is 829 g/mol. The minimum absolute atomic E-state index is 0.909. The van der Waals surface area contributed by atoms with Crippen LogP contribution in [0.25, 0.3) is 43.6 Å². The van der Waals surface area contributed by atoms with E-state index >= 15 is 0 Å². The van der Waals surface area contributed by atoms with E-state index in [9.17, 15) is 0 Å². The van der Waals surface area contributed by atoms with Gasteiger partial charge in [0, 0.05) is 69.8 Å². The van der Waals surface area contributed by atoms with Gasteiger partial charge in [-0.2, -0.15) is 10.2 Å². The van der Waals surface area contributed by atoms with E-state index in [0.29, 0.717) is 0 Å². The van der Waals surface area contributed by atoms with E-state index in [1.807, 2.05) is 0 Å². The van der Waals surface area contributed by atoms with Crippen molar-refractivity contribution in [3.63, 3.8) is 0 Å². The number of hydrogen-bond donors (Lipinski definition) is 0. The van der Waals surface area contributed by atoms with E-state index in [1.165, 1.54) is 146 Å². The highest BCUT2D eigenvalue weighted by molar-refractivity contribution is 6.10. The van der Waals surface area contributed by atoms with Gasteiger partial charge in [-0.1, -0.05) is 189 Å². The van der Waals surface area contributed by atoms with E-state index in [4.69, 9.17) is 10.2 Å². The highest BCUT2D eigenvalue weighted by atomic mass is 15.5. The van der Waals surface area contributed by atoms with Gasteiger partial charge in [0.25, 0.3) is 0 Å². The summed E-state index contributed by atoms with van der Waals surface area (Å²) in [6, 6.07) is 52.9. The lowest BCUT2D eigenvalue weighted by atomic mass is 10.1. The van der Waals surface area contributed by atoms with Crippen LogP contribution in [0.1, 0.15) is 141 Å². The Labute approximate surface area is 407 Å². The van der Waals surface area contributed by atoms with Crippen molar-refractivity contribution in [2.75, 3.05) is 23.1 Å². The minimum atomic E-state index is 0.909. The van der Waals surface area contributed by atoms with Gasteiger partial charge in [0.1, 0.15) is 0 Å². The zero-order valence-corrected chi connectivity index (χ0v) is 41.3. The molecule has 0 amide bonds. The van der Waals surface area contributed by atoms with Crippen LogP contribution in [0.15, 0.2) is 156 Å². The van der Waals surface area contributed by atoms with Crippen LogP contribution in [0.3, 0.4) is 0 Å². The molecule has 0 spiro atoms. The van der Waals surface area contributed by atoms with Gasteiger partial charge in [0.2, 0.25) is 0 Å². The van der Waals surface area contributed by atoms with Crippen molar-refractivity contribution in [3.05, 3.63) is 157 Å². The molecule has 2 aromatic heterocycles. The number of aromatic nitrogens is 2. The fraction of sp³-hybridized carbons (Fsp3) is 0.387. The van der Waals surface area contributed by atoms with Gasteiger partial charge in [0.15, 0.2) is 0 Å². The second-order valence-corrected chi connectivity index (χ2v) is 19.0. The fourth-order valence-corrected chi connectivity index (χ4v) is 10.1. The first-order chi connectivity index (χ1) is 33.7. The SMILES string of the molecule is CCCCCCCn1c2ccccc2c2cc(/C=N/N(CCCCCCCCCCN(/N=C/c3ccc4c(c3)c3ccccc3n4CCCCCCC)c3ccccc3)c3ccccc3)ccc21. The Morgan fingerprint density at radius 3 is 1.13 bits per heavy atom. The molecule has 0 saturated carbocycles. The van der Waals surface area contributed by atoms with E-state index < -0.39 is 0 Å². The molecule has 2 heterocycles. The molecule has 0 aliphatic rings. The molecule has 354 valence electrons. The van der Waals surface area contributed by atoms with Gasteiger partial charge in [-0.15, -0.1) is 0 Å². The molecule has 0 radical (unpaired) electrons. The number of anilines is 2. The number of hydrazone groups is 2. The van der Waals surface area contributed by atoms with Crippen LogP contribution >= 0.6 is 0 Å². The van der Waals surface area contributed by atoms with Crippen LogP contribution in [0, 0.1) is 0 Å². The Balaban J connectivity index is 0.804. The van der Waals surface area contributed by atoms with Crippen LogP contribution in [0.5, 0.6) is 0 Å². The summed E-state index contributed by atoms with van der Waals surface area (Å²) in [5, 5.41) is 19.9. The van der Waals surface area contributed by atoms with E-state index in [1.54, 1.807) is 0 Å². The summed E-state index contributed by atoms with van der Waals surface area (Å²) >= 11 is 0. The molecule has 0 aliphatic heterocycles. The van der Waals surface area contributed by atoms with E-state index in [2.05, 4.69) is 191 Å². The molecule has 8 aromatic rings. The van der Waals surface area contributed by atoms with Gasteiger partial charge in [0.05, 0.1) is 23.8 Å². The average Bonchev–Trinajstić information content (AvgIpc) is 3.87. The predicted molar refractivity (Wildman–Crippen MR) is 296 cm³/mol. The van der Waals surface area contributed by atoms with E-state index in [-0.39, 0.29) is 0 Å². The molecule has 6 heteroatoms. The quantitative estimate of drug-likeness (QED) is 0.0267. The molecular formula is C62H76N6. The largest absolute Gasteiger partial charge is 0.340 e. The Bertz CT molecular complexity index is 2600. The zero-order valence-electron chi connectivity index (χ0n) is 41.3. The van der Waals surface area contributed by atoms with Crippen LogP contribution in [-0.4, -0.2) is 34.7 Å². The highest BCUT2D eigenvalue weighted by Gasteiger charge is 2.13. The van der Waals surface area contributed by atoms with Crippen molar-refractivity contribution in [2.24, 2.45) is 10.2 Å². The molecule has 0 N–H and O–H groups in total. The molecule has 0 unspecified atom stereocenters. The lowest BCUT2D eigenvalue weighted by molar-refractivity contribution is 0.564. The molecule has 6 aromatic carbocycles. The lowest BCUT2D eigenvalue weighted by Gasteiger charge is -2.19. The topological polar surface area (TPSA) is 41.1 Å². The van der Waals surface area contributed by atoms with Crippen molar-refractivity contribution in [2.45, 2.75) is 143 Å². The molecule has 68 heavy (non-hydrogen) atoms. The molecule has 0 aliphatic carbocycles. The average molecular weight is 905 g/mol. The van der Waals surface area contributed by atoms with Crippen LogP contribution < -0.4 is 10.0 Å². The van der Waals surface area contributed by atoms with Crippen molar-refractivity contribution >= 4 is 67.4 Å². The second-order valence-electron chi connectivity index (χ2n) is 19.0. The smallest absolute Gasteiger partial charge is 0.0593 e. The summed E-state index contributed by atoms with van der Waals surface area (Å²) in [6.45, 7) is 8.52. The van der Waals surface area contributed by atoms with Crippen molar-refractivity contribution in [3.8, 4) is 0 Å². The number of nitrogens with zero attached hydrogens (tertiary/aromatic N) is 6. The molecule has 8 rings (SSSR count). The number of benzene rings is 6. The Morgan fingerprint density at radius 1 is 0.353 bits per heavy atom. The zero-order chi connectivity index (χ0) is 46.6. The summed E-state index contributed by atoms with van der Waals surface area (Å²) in [6.07, 6.45) is 26.8. The van der Waals surface area contributed by atoms with Gasteiger partial charge >= 0.3 is 0 Å². The summed E-state index contributed by atoms with van der Waals surface area (Å²) in [7, 11) is 0.